The second-order valence-electron chi connectivity index (χ2n) is 6.62. The van der Waals surface area contributed by atoms with Gasteiger partial charge in [-0.1, -0.05) is 31.9 Å². The van der Waals surface area contributed by atoms with Crippen LogP contribution >= 0.6 is 63.7 Å². The molecule has 29 heavy (non-hydrogen) atoms. The van der Waals surface area contributed by atoms with Gasteiger partial charge in [-0.15, -0.1) is 0 Å². The predicted molar refractivity (Wildman–Crippen MR) is 121 cm³/mol. The lowest BCUT2D eigenvalue weighted by atomic mass is 9.73. The third-order valence-corrected chi connectivity index (χ3v) is 6.67. The van der Waals surface area contributed by atoms with Gasteiger partial charge < -0.3 is 20.4 Å². The van der Waals surface area contributed by atoms with Crippen LogP contribution in [0.1, 0.15) is 24.0 Å². The Morgan fingerprint density at radius 3 is 1.55 bits per heavy atom. The van der Waals surface area contributed by atoms with Crippen LogP contribution < -0.4 is 0 Å². The molecule has 0 spiro atoms. The third-order valence-electron chi connectivity index (χ3n) is 4.54. The van der Waals surface area contributed by atoms with Crippen LogP contribution in [0.15, 0.2) is 42.2 Å². The van der Waals surface area contributed by atoms with Crippen LogP contribution in [-0.4, -0.2) is 32.4 Å². The zero-order valence-corrected chi connectivity index (χ0v) is 21.1. The Bertz CT molecular complexity index is 901. The smallest absolute Gasteiger partial charge is 0.310 e. The Morgan fingerprint density at radius 2 is 1.21 bits per heavy atom. The minimum Gasteiger partial charge on any atom is -0.506 e. The van der Waals surface area contributed by atoms with Gasteiger partial charge in [0.15, 0.2) is 0 Å². The highest BCUT2D eigenvalue weighted by molar-refractivity contribution is 9.11. The quantitative estimate of drug-likeness (QED) is 0.282. The highest BCUT2D eigenvalue weighted by Gasteiger charge is 2.41. The molecule has 6 nitrogen and oxygen atoms in total. The molecule has 10 heteroatoms. The van der Waals surface area contributed by atoms with Gasteiger partial charge in [-0.3, -0.25) is 9.59 Å². The highest BCUT2D eigenvalue weighted by Crippen LogP contribution is 2.42. The minimum absolute atomic E-state index is 0.117. The molecule has 2 rings (SSSR count). The van der Waals surface area contributed by atoms with E-state index in [1.807, 2.05) is 0 Å². The number of phenolic OH excluding ortho intramolecular Hbond substituents is 2. The van der Waals surface area contributed by atoms with Crippen LogP contribution in [0, 0.1) is 5.41 Å². The number of hydrogen-bond donors (Lipinski definition) is 4. The van der Waals surface area contributed by atoms with Gasteiger partial charge in [0.05, 0.1) is 14.4 Å². The first-order chi connectivity index (χ1) is 13.4. The van der Waals surface area contributed by atoms with Gasteiger partial charge in [-0.05, 0) is 86.5 Å². The second kappa shape index (κ2) is 9.80. The summed E-state index contributed by atoms with van der Waals surface area (Å²) in [5, 5.41) is 40.1. The van der Waals surface area contributed by atoms with E-state index in [2.05, 4.69) is 63.7 Å². The lowest BCUT2D eigenvalue weighted by Gasteiger charge is -2.30. The molecule has 2 aromatic carbocycles. The lowest BCUT2D eigenvalue weighted by Crippen LogP contribution is -2.36. The van der Waals surface area contributed by atoms with E-state index in [9.17, 15) is 24.9 Å². The summed E-state index contributed by atoms with van der Waals surface area (Å²) in [6.45, 7) is 0. The Morgan fingerprint density at radius 1 is 0.793 bits per heavy atom. The van der Waals surface area contributed by atoms with Gasteiger partial charge in [0, 0.05) is 15.4 Å². The Labute approximate surface area is 200 Å². The summed E-state index contributed by atoms with van der Waals surface area (Å²) in [5.41, 5.74) is -0.895. The van der Waals surface area contributed by atoms with Gasteiger partial charge in [0.1, 0.15) is 11.5 Å². The van der Waals surface area contributed by atoms with Crippen molar-refractivity contribution >= 4 is 75.7 Å². The molecule has 0 radical (unpaired) electrons. The van der Waals surface area contributed by atoms with Crippen molar-refractivity contribution in [2.75, 3.05) is 0 Å². The molecular formula is C19H16Br4O6. The number of aliphatic carboxylic acids is 2. The Hall–Kier alpha value is -1.10. The molecule has 4 N–H and O–H groups in total. The fourth-order valence-electron chi connectivity index (χ4n) is 3.08. The Kier molecular flexibility index (Phi) is 8.17. The lowest BCUT2D eigenvalue weighted by molar-refractivity contribution is -0.150. The van der Waals surface area contributed by atoms with Gasteiger partial charge in [0.2, 0.25) is 0 Å². The fraction of sp³-hybridized carbons (Fsp3) is 0.263. The van der Waals surface area contributed by atoms with Gasteiger partial charge in [-0.2, -0.15) is 0 Å². The zero-order chi connectivity index (χ0) is 21.9. The number of carboxylic acid groups (broad SMARTS) is 2. The molecule has 0 atom stereocenters. The first-order valence-electron chi connectivity index (χ1n) is 8.24. The summed E-state index contributed by atoms with van der Waals surface area (Å²) in [5.74, 6) is -2.58. The van der Waals surface area contributed by atoms with E-state index in [0.29, 0.717) is 29.0 Å². The molecule has 0 aliphatic heterocycles. The molecule has 0 bridgehead atoms. The maximum absolute atomic E-state index is 12.4. The van der Waals surface area contributed by atoms with Crippen LogP contribution in [0.3, 0.4) is 0 Å². The number of phenols is 2. The second-order valence-corrected chi connectivity index (χ2v) is 10.2. The van der Waals surface area contributed by atoms with Gasteiger partial charge in [0.25, 0.3) is 0 Å². The number of carbonyl (C=O) groups is 2. The first kappa shape index (κ1) is 24.2. The van der Waals surface area contributed by atoms with E-state index >= 15 is 0 Å². The van der Waals surface area contributed by atoms with E-state index in [1.165, 1.54) is 0 Å². The standard InChI is InChI=1S/C19H16Br4O6/c20-11-3-9(16(26)13(22)5-11)7-19(18(28)29,2-1-15(24)25)8-10-4-12(21)6-14(23)17(10)27/h3-6,26-27H,1-2,7-8H2,(H,24,25)(H,28,29). The van der Waals surface area contributed by atoms with Crippen molar-refractivity contribution in [1.82, 2.24) is 0 Å². The van der Waals surface area contributed by atoms with E-state index in [-0.39, 0.29) is 37.2 Å². The topological polar surface area (TPSA) is 115 Å². The molecule has 0 aliphatic rings. The van der Waals surface area contributed by atoms with E-state index in [1.54, 1.807) is 24.3 Å². The summed E-state index contributed by atoms with van der Waals surface area (Å²) in [6.07, 6.45) is -0.838. The number of carboxylic acids is 2. The van der Waals surface area contributed by atoms with Gasteiger partial charge in [-0.25, -0.2) is 0 Å². The summed E-state index contributed by atoms with van der Waals surface area (Å²) in [6, 6.07) is 6.43. The molecule has 2 aromatic rings. The summed E-state index contributed by atoms with van der Waals surface area (Å²) in [4.78, 5) is 23.6. The van der Waals surface area contributed by atoms with Crippen LogP contribution in [0.2, 0.25) is 0 Å². The first-order valence-corrected chi connectivity index (χ1v) is 11.4. The monoisotopic (exact) mass is 656 g/mol. The molecule has 0 aliphatic carbocycles. The molecule has 156 valence electrons. The van der Waals surface area contributed by atoms with Crippen molar-refractivity contribution in [3.8, 4) is 11.5 Å². The maximum Gasteiger partial charge on any atom is 0.310 e. The zero-order valence-electron chi connectivity index (χ0n) is 14.8. The SMILES string of the molecule is O=C(O)CCC(Cc1cc(Br)cc(Br)c1O)(Cc1cc(Br)cc(Br)c1O)C(=O)O. The molecule has 0 unspecified atom stereocenters. The van der Waals surface area contributed by atoms with E-state index in [0.717, 1.165) is 0 Å². The average molecular weight is 660 g/mol. The minimum atomic E-state index is -1.58. The third kappa shape index (κ3) is 5.96. The van der Waals surface area contributed by atoms with Crippen LogP contribution in [0.4, 0.5) is 0 Å². The largest absolute Gasteiger partial charge is 0.506 e. The van der Waals surface area contributed by atoms with Crippen molar-refractivity contribution < 1.29 is 30.0 Å². The van der Waals surface area contributed by atoms with Crippen molar-refractivity contribution in [3.05, 3.63) is 53.3 Å². The number of rotatable bonds is 8. The van der Waals surface area contributed by atoms with Crippen LogP contribution in [0.5, 0.6) is 11.5 Å². The molecule has 0 fully saturated rings. The molecule has 0 aromatic heterocycles. The number of hydrogen-bond acceptors (Lipinski definition) is 4. The van der Waals surface area contributed by atoms with Crippen molar-refractivity contribution in [3.63, 3.8) is 0 Å². The number of benzene rings is 2. The number of aromatic hydroxyl groups is 2. The van der Waals surface area contributed by atoms with E-state index in [4.69, 9.17) is 5.11 Å². The summed E-state index contributed by atoms with van der Waals surface area (Å²) < 4.78 is 2.02. The fourth-order valence-corrected chi connectivity index (χ4v) is 5.71. The summed E-state index contributed by atoms with van der Waals surface area (Å²) in [7, 11) is 0. The van der Waals surface area contributed by atoms with Gasteiger partial charge >= 0.3 is 11.9 Å². The highest BCUT2D eigenvalue weighted by atomic mass is 79.9. The van der Waals surface area contributed by atoms with E-state index < -0.39 is 17.4 Å². The number of halogens is 4. The van der Waals surface area contributed by atoms with Crippen LogP contribution in [-0.2, 0) is 22.4 Å². The van der Waals surface area contributed by atoms with Crippen LogP contribution in [0.25, 0.3) is 0 Å². The molecule has 0 saturated heterocycles. The summed E-state index contributed by atoms with van der Waals surface area (Å²) >= 11 is 13.1. The predicted octanol–water partition coefficient (Wildman–Crippen LogP) is 5.87. The maximum atomic E-state index is 12.4. The Balaban J connectivity index is 2.59. The molecule has 0 saturated carbocycles. The molecular weight excluding hydrogens is 644 g/mol. The average Bonchev–Trinajstić information content (AvgIpc) is 2.61. The van der Waals surface area contributed by atoms with Crippen molar-refractivity contribution in [1.29, 1.82) is 0 Å². The van der Waals surface area contributed by atoms with Crippen molar-refractivity contribution in [2.24, 2.45) is 5.41 Å². The molecule has 0 amide bonds. The van der Waals surface area contributed by atoms with Crippen molar-refractivity contribution in [2.45, 2.75) is 25.7 Å². The molecule has 0 heterocycles. The normalized spacial score (nSPS) is 11.4.